The molecule has 0 aliphatic carbocycles. The number of carbonyl (C=O) groups is 2. The molecule has 1 aliphatic rings. The number of hydrogen-bond acceptors (Lipinski definition) is 5. The van der Waals surface area contributed by atoms with Crippen molar-refractivity contribution in [2.24, 2.45) is 0 Å². The molecule has 2 atom stereocenters. The lowest BCUT2D eigenvalue weighted by atomic mass is 10.2. The van der Waals surface area contributed by atoms with Crippen LogP contribution in [0.25, 0.3) is 0 Å². The molecular weight excluding hydrogens is 274 g/mol. The first-order valence-corrected chi connectivity index (χ1v) is 7.94. The van der Waals surface area contributed by atoms with E-state index in [2.05, 4.69) is 5.32 Å². The second-order valence-corrected chi connectivity index (χ2v) is 6.86. The summed E-state index contributed by atoms with van der Waals surface area (Å²) in [6.07, 6.45) is 2.07. The molecule has 0 aromatic rings. The Kier molecular flexibility index (Phi) is 5.74. The summed E-state index contributed by atoms with van der Waals surface area (Å²) in [5, 5.41) is 11.0. The van der Waals surface area contributed by atoms with E-state index in [1.165, 1.54) is 0 Å². The van der Waals surface area contributed by atoms with Crippen molar-refractivity contribution in [1.29, 1.82) is 0 Å². The predicted molar refractivity (Wildman–Crippen MR) is 67.5 cm³/mol. The summed E-state index contributed by atoms with van der Waals surface area (Å²) < 4.78 is 28.9. The third kappa shape index (κ3) is 6.02. The first-order chi connectivity index (χ1) is 8.80. The number of rotatable bonds is 7. The highest BCUT2D eigenvalue weighted by atomic mass is 32.2. The van der Waals surface area contributed by atoms with Crippen LogP contribution in [-0.4, -0.2) is 55.7 Å². The van der Waals surface area contributed by atoms with Gasteiger partial charge in [-0.1, -0.05) is 0 Å². The first kappa shape index (κ1) is 15.9. The van der Waals surface area contributed by atoms with Gasteiger partial charge < -0.3 is 15.2 Å². The monoisotopic (exact) mass is 293 g/mol. The van der Waals surface area contributed by atoms with Crippen molar-refractivity contribution in [3.63, 3.8) is 0 Å². The number of aliphatic carboxylic acids is 1. The fourth-order valence-corrected chi connectivity index (χ4v) is 3.46. The highest BCUT2D eigenvalue weighted by Crippen LogP contribution is 2.16. The average molecular weight is 293 g/mol. The first-order valence-electron chi connectivity index (χ1n) is 6.12. The van der Waals surface area contributed by atoms with E-state index in [-0.39, 0.29) is 11.9 Å². The van der Waals surface area contributed by atoms with E-state index in [4.69, 9.17) is 9.84 Å². The van der Waals surface area contributed by atoms with Crippen LogP contribution in [0.2, 0.25) is 0 Å². The quantitative estimate of drug-likeness (QED) is 0.658. The van der Waals surface area contributed by atoms with Gasteiger partial charge in [-0.05, 0) is 19.3 Å². The van der Waals surface area contributed by atoms with Crippen molar-refractivity contribution in [1.82, 2.24) is 5.32 Å². The molecule has 0 aromatic heterocycles. The van der Waals surface area contributed by atoms with Crippen molar-refractivity contribution >= 4 is 21.7 Å². The molecule has 1 rings (SSSR count). The fourth-order valence-electron chi connectivity index (χ4n) is 1.94. The fraction of sp³-hybridized carbons (Fsp3) is 0.818. The smallest absolute Gasteiger partial charge is 0.327 e. The molecule has 0 aromatic carbocycles. The Hall–Kier alpha value is -1.15. The van der Waals surface area contributed by atoms with Crippen LogP contribution >= 0.6 is 0 Å². The van der Waals surface area contributed by atoms with Gasteiger partial charge in [0.05, 0.1) is 17.6 Å². The molecule has 1 heterocycles. The van der Waals surface area contributed by atoms with Gasteiger partial charge in [-0.15, -0.1) is 0 Å². The molecular formula is C11H19NO6S. The van der Waals surface area contributed by atoms with E-state index >= 15 is 0 Å². The van der Waals surface area contributed by atoms with Crippen LogP contribution in [0.3, 0.4) is 0 Å². The maximum absolute atomic E-state index is 11.8. The average Bonchev–Trinajstić information content (AvgIpc) is 2.77. The van der Waals surface area contributed by atoms with Gasteiger partial charge in [-0.3, -0.25) is 4.79 Å². The lowest BCUT2D eigenvalue weighted by Gasteiger charge is -2.14. The highest BCUT2D eigenvalue weighted by Gasteiger charge is 2.27. The van der Waals surface area contributed by atoms with Crippen LogP contribution in [0.1, 0.15) is 26.2 Å². The molecule has 1 saturated heterocycles. The second kappa shape index (κ2) is 6.85. The van der Waals surface area contributed by atoms with Crippen LogP contribution in [0.4, 0.5) is 0 Å². The largest absolute Gasteiger partial charge is 0.480 e. The number of carbonyl (C=O) groups excluding carboxylic acids is 1. The van der Waals surface area contributed by atoms with Gasteiger partial charge in [0.15, 0.2) is 9.84 Å². The van der Waals surface area contributed by atoms with Crippen LogP contribution in [0.15, 0.2) is 0 Å². The SMILES string of the molecule is CC(=O)N[C@@H](CS(=O)(=O)CCC1CCCO1)C(=O)O. The van der Waals surface area contributed by atoms with Gasteiger partial charge in [-0.2, -0.15) is 0 Å². The maximum Gasteiger partial charge on any atom is 0.327 e. The Morgan fingerprint density at radius 3 is 2.63 bits per heavy atom. The zero-order valence-corrected chi connectivity index (χ0v) is 11.6. The van der Waals surface area contributed by atoms with E-state index in [9.17, 15) is 18.0 Å². The molecule has 1 amide bonds. The molecule has 0 saturated carbocycles. The lowest BCUT2D eigenvalue weighted by Crippen LogP contribution is -2.45. The third-order valence-corrected chi connectivity index (χ3v) is 4.57. The number of sulfone groups is 1. The van der Waals surface area contributed by atoms with Gasteiger partial charge in [0.2, 0.25) is 5.91 Å². The molecule has 110 valence electrons. The maximum atomic E-state index is 11.8. The lowest BCUT2D eigenvalue weighted by molar-refractivity contribution is -0.140. The van der Waals surface area contributed by atoms with Crippen molar-refractivity contribution in [3.8, 4) is 0 Å². The van der Waals surface area contributed by atoms with Gasteiger partial charge in [-0.25, -0.2) is 13.2 Å². The molecule has 19 heavy (non-hydrogen) atoms. The zero-order valence-electron chi connectivity index (χ0n) is 10.8. The summed E-state index contributed by atoms with van der Waals surface area (Å²) >= 11 is 0. The van der Waals surface area contributed by atoms with Gasteiger partial charge in [0.1, 0.15) is 6.04 Å². The number of ether oxygens (including phenoxy) is 1. The molecule has 8 heteroatoms. The predicted octanol–water partition coefficient (Wildman–Crippen LogP) is -0.440. The van der Waals surface area contributed by atoms with Crippen molar-refractivity contribution < 1.29 is 27.9 Å². The van der Waals surface area contributed by atoms with Crippen LogP contribution in [0.5, 0.6) is 0 Å². The molecule has 0 spiro atoms. The standard InChI is InChI=1S/C11H19NO6S/c1-8(13)12-10(11(14)15)7-19(16,17)6-4-9-3-2-5-18-9/h9-10H,2-7H2,1H3,(H,12,13)(H,14,15)/t9?,10-/m0/s1. The number of carboxylic acids is 1. The van der Waals surface area contributed by atoms with E-state index in [0.29, 0.717) is 13.0 Å². The molecule has 1 unspecified atom stereocenters. The van der Waals surface area contributed by atoms with E-state index in [1.807, 2.05) is 0 Å². The zero-order chi connectivity index (χ0) is 14.5. The topological polar surface area (TPSA) is 110 Å². The molecule has 7 nitrogen and oxygen atoms in total. The molecule has 0 radical (unpaired) electrons. The highest BCUT2D eigenvalue weighted by molar-refractivity contribution is 7.91. The number of amides is 1. The van der Waals surface area contributed by atoms with E-state index in [0.717, 1.165) is 19.8 Å². The van der Waals surface area contributed by atoms with E-state index in [1.54, 1.807) is 0 Å². The van der Waals surface area contributed by atoms with Crippen LogP contribution in [0, 0.1) is 0 Å². The minimum Gasteiger partial charge on any atom is -0.480 e. The molecule has 1 aliphatic heterocycles. The molecule has 2 N–H and O–H groups in total. The number of nitrogens with one attached hydrogen (secondary N) is 1. The van der Waals surface area contributed by atoms with Gasteiger partial charge >= 0.3 is 5.97 Å². The molecule has 1 fully saturated rings. The minimum absolute atomic E-state index is 0.0566. The van der Waals surface area contributed by atoms with E-state index < -0.39 is 33.5 Å². The van der Waals surface area contributed by atoms with Crippen LogP contribution < -0.4 is 5.32 Å². The van der Waals surface area contributed by atoms with Gasteiger partial charge in [0, 0.05) is 13.5 Å². The Balaban J connectivity index is 2.50. The number of hydrogen-bond donors (Lipinski definition) is 2. The summed E-state index contributed by atoms with van der Waals surface area (Å²) in [6.45, 7) is 1.79. The normalized spacial score (nSPS) is 21.0. The summed E-state index contributed by atoms with van der Waals surface area (Å²) in [5.74, 6) is -2.63. The van der Waals surface area contributed by atoms with Crippen molar-refractivity contribution in [2.45, 2.75) is 38.3 Å². The molecule has 0 bridgehead atoms. The summed E-state index contributed by atoms with van der Waals surface area (Å²) in [6, 6.07) is -1.40. The van der Waals surface area contributed by atoms with Crippen molar-refractivity contribution in [3.05, 3.63) is 0 Å². The minimum atomic E-state index is -3.53. The Labute approximate surface area is 112 Å². The summed E-state index contributed by atoms with van der Waals surface area (Å²) in [4.78, 5) is 21.7. The number of carboxylic acid groups (broad SMARTS) is 1. The second-order valence-electron chi connectivity index (χ2n) is 4.63. The van der Waals surface area contributed by atoms with Gasteiger partial charge in [0.25, 0.3) is 0 Å². The summed E-state index contributed by atoms with van der Waals surface area (Å²) in [7, 11) is -3.53. The summed E-state index contributed by atoms with van der Waals surface area (Å²) in [5.41, 5.74) is 0. The third-order valence-electron chi connectivity index (χ3n) is 2.87. The Bertz CT molecular complexity index is 426. The van der Waals surface area contributed by atoms with Crippen molar-refractivity contribution in [2.75, 3.05) is 18.1 Å². The van der Waals surface area contributed by atoms with Crippen LogP contribution in [-0.2, 0) is 24.2 Å². The Morgan fingerprint density at radius 1 is 1.47 bits per heavy atom. The Morgan fingerprint density at radius 2 is 2.16 bits per heavy atom.